The summed E-state index contributed by atoms with van der Waals surface area (Å²) in [6.45, 7) is 5.03. The molecule has 0 radical (unpaired) electrons. The van der Waals surface area contributed by atoms with Crippen molar-refractivity contribution in [2.24, 2.45) is 0 Å². The Balaban J connectivity index is 1.30. The molecule has 3 aromatic rings. The van der Waals surface area contributed by atoms with Gasteiger partial charge in [0.05, 0.1) is 6.42 Å². The summed E-state index contributed by atoms with van der Waals surface area (Å²) in [6.07, 6.45) is 0.452. The molecule has 0 aliphatic carbocycles. The van der Waals surface area contributed by atoms with Crippen LogP contribution in [0.4, 0.5) is 11.4 Å². The molecule has 6 heteroatoms. The summed E-state index contributed by atoms with van der Waals surface area (Å²) in [5, 5.41) is 3.43. The van der Waals surface area contributed by atoms with E-state index in [2.05, 4.69) is 10.2 Å². The third-order valence-corrected chi connectivity index (χ3v) is 6.05. The predicted octanol–water partition coefficient (Wildman–Crippen LogP) is 4.79. The molecule has 1 N–H and O–H groups in total. The van der Waals surface area contributed by atoms with E-state index >= 15 is 0 Å². The number of nitrogens with zero attached hydrogens (tertiary/aromatic N) is 2. The topological polar surface area (TPSA) is 52.7 Å². The second-order valence-corrected chi connectivity index (χ2v) is 8.42. The van der Waals surface area contributed by atoms with Gasteiger partial charge in [-0.25, -0.2) is 0 Å². The number of amides is 2. The molecule has 0 unspecified atom stereocenters. The zero-order valence-corrected chi connectivity index (χ0v) is 18.8. The van der Waals surface area contributed by atoms with Crippen LogP contribution in [0.25, 0.3) is 0 Å². The average Bonchev–Trinajstić information content (AvgIpc) is 2.81. The normalized spacial score (nSPS) is 13.7. The lowest BCUT2D eigenvalue weighted by atomic mass is 10.1. The molecule has 0 spiro atoms. The number of aryl methyl sites for hydroxylation is 1. The Labute approximate surface area is 193 Å². The van der Waals surface area contributed by atoms with Gasteiger partial charge in [-0.3, -0.25) is 9.59 Å². The maximum absolute atomic E-state index is 12.7. The summed E-state index contributed by atoms with van der Waals surface area (Å²) in [6, 6.07) is 22.7. The van der Waals surface area contributed by atoms with Crippen molar-refractivity contribution in [1.82, 2.24) is 4.90 Å². The standard InChI is InChI=1S/C26H26ClN3O2/c1-19-5-2-3-6-20(19)18-25(31)30-15-13-29(14-16-30)24-11-9-23(10-12-24)28-26(32)21-7-4-8-22(27)17-21/h2-12,17H,13-16,18H2,1H3,(H,28,32). The van der Waals surface area contributed by atoms with Crippen molar-refractivity contribution in [3.63, 3.8) is 0 Å². The number of benzene rings is 3. The lowest BCUT2D eigenvalue weighted by Crippen LogP contribution is -2.49. The van der Waals surface area contributed by atoms with Crippen molar-refractivity contribution in [2.75, 3.05) is 36.4 Å². The first kappa shape index (κ1) is 21.9. The van der Waals surface area contributed by atoms with Crippen LogP contribution in [0.15, 0.2) is 72.8 Å². The number of anilines is 2. The fourth-order valence-electron chi connectivity index (χ4n) is 3.89. The molecule has 0 aromatic heterocycles. The molecule has 4 rings (SSSR count). The Bertz CT molecular complexity index is 1110. The molecule has 1 aliphatic rings. The predicted molar refractivity (Wildman–Crippen MR) is 130 cm³/mol. The smallest absolute Gasteiger partial charge is 0.255 e. The quantitative estimate of drug-likeness (QED) is 0.611. The van der Waals surface area contributed by atoms with Crippen molar-refractivity contribution in [3.8, 4) is 0 Å². The minimum absolute atomic E-state index is 0.179. The van der Waals surface area contributed by atoms with Crippen LogP contribution in [0, 0.1) is 6.92 Å². The number of hydrogen-bond acceptors (Lipinski definition) is 3. The first-order valence-electron chi connectivity index (χ1n) is 10.7. The van der Waals surface area contributed by atoms with Crippen LogP contribution in [0.3, 0.4) is 0 Å². The Hall–Kier alpha value is -3.31. The monoisotopic (exact) mass is 447 g/mol. The Morgan fingerprint density at radius 3 is 2.31 bits per heavy atom. The summed E-state index contributed by atoms with van der Waals surface area (Å²) >= 11 is 5.97. The Morgan fingerprint density at radius 2 is 1.62 bits per heavy atom. The Kier molecular flexibility index (Phi) is 6.76. The third-order valence-electron chi connectivity index (χ3n) is 5.81. The molecular formula is C26H26ClN3O2. The summed E-state index contributed by atoms with van der Waals surface area (Å²) in [5.41, 5.74) is 4.58. The molecule has 0 atom stereocenters. The molecular weight excluding hydrogens is 422 g/mol. The number of hydrogen-bond donors (Lipinski definition) is 1. The zero-order chi connectivity index (χ0) is 22.5. The van der Waals surface area contributed by atoms with Gasteiger partial charge < -0.3 is 15.1 Å². The molecule has 3 aromatic carbocycles. The van der Waals surface area contributed by atoms with Gasteiger partial charge in [-0.05, 0) is 60.5 Å². The fourth-order valence-corrected chi connectivity index (χ4v) is 4.08. The average molecular weight is 448 g/mol. The number of carbonyl (C=O) groups is 2. The first-order valence-corrected chi connectivity index (χ1v) is 11.1. The maximum Gasteiger partial charge on any atom is 0.255 e. The van der Waals surface area contributed by atoms with E-state index in [-0.39, 0.29) is 11.8 Å². The largest absolute Gasteiger partial charge is 0.368 e. The van der Waals surface area contributed by atoms with E-state index in [9.17, 15) is 9.59 Å². The fraction of sp³-hybridized carbons (Fsp3) is 0.231. The highest BCUT2D eigenvalue weighted by Gasteiger charge is 2.21. The van der Waals surface area contributed by atoms with Crippen molar-refractivity contribution in [2.45, 2.75) is 13.3 Å². The van der Waals surface area contributed by atoms with Gasteiger partial charge in [-0.15, -0.1) is 0 Å². The SMILES string of the molecule is Cc1ccccc1CC(=O)N1CCN(c2ccc(NC(=O)c3cccc(Cl)c3)cc2)CC1. The molecule has 1 fully saturated rings. The van der Waals surface area contributed by atoms with Gasteiger partial charge in [0.25, 0.3) is 5.91 Å². The molecule has 0 saturated carbocycles. The number of piperazine rings is 1. The van der Waals surface area contributed by atoms with Gasteiger partial charge in [0.1, 0.15) is 0 Å². The summed E-state index contributed by atoms with van der Waals surface area (Å²) < 4.78 is 0. The highest BCUT2D eigenvalue weighted by Crippen LogP contribution is 2.21. The minimum atomic E-state index is -0.193. The molecule has 1 aliphatic heterocycles. The van der Waals surface area contributed by atoms with E-state index in [0.717, 1.165) is 35.6 Å². The van der Waals surface area contributed by atoms with Crippen LogP contribution in [0.1, 0.15) is 21.5 Å². The second-order valence-electron chi connectivity index (χ2n) is 7.98. The molecule has 5 nitrogen and oxygen atoms in total. The minimum Gasteiger partial charge on any atom is -0.368 e. The molecule has 32 heavy (non-hydrogen) atoms. The zero-order valence-electron chi connectivity index (χ0n) is 18.1. The number of rotatable bonds is 5. The third kappa shape index (κ3) is 5.29. The van der Waals surface area contributed by atoms with Crippen molar-refractivity contribution < 1.29 is 9.59 Å². The van der Waals surface area contributed by atoms with Crippen LogP contribution >= 0.6 is 11.6 Å². The van der Waals surface area contributed by atoms with Crippen molar-refractivity contribution in [1.29, 1.82) is 0 Å². The van der Waals surface area contributed by atoms with Crippen molar-refractivity contribution >= 4 is 34.8 Å². The lowest BCUT2D eigenvalue weighted by Gasteiger charge is -2.36. The molecule has 0 bridgehead atoms. The Morgan fingerprint density at radius 1 is 0.906 bits per heavy atom. The van der Waals surface area contributed by atoms with Gasteiger partial charge in [-0.1, -0.05) is 41.9 Å². The van der Waals surface area contributed by atoms with Crippen LogP contribution in [-0.4, -0.2) is 42.9 Å². The first-order chi connectivity index (χ1) is 15.5. The summed E-state index contributed by atoms with van der Waals surface area (Å²) in [4.78, 5) is 29.3. The van der Waals surface area contributed by atoms with Crippen LogP contribution in [0.5, 0.6) is 0 Å². The van der Waals surface area contributed by atoms with Gasteiger partial charge in [0.15, 0.2) is 0 Å². The number of nitrogens with one attached hydrogen (secondary N) is 1. The van der Waals surface area contributed by atoms with Crippen LogP contribution in [-0.2, 0) is 11.2 Å². The highest BCUT2D eigenvalue weighted by molar-refractivity contribution is 6.31. The van der Waals surface area contributed by atoms with Crippen LogP contribution < -0.4 is 10.2 Å². The van der Waals surface area contributed by atoms with Gasteiger partial charge in [0, 0.05) is 48.1 Å². The van der Waals surface area contributed by atoms with E-state index in [1.165, 1.54) is 0 Å². The van der Waals surface area contributed by atoms with Crippen LogP contribution in [0.2, 0.25) is 5.02 Å². The summed E-state index contributed by atoms with van der Waals surface area (Å²) in [5.74, 6) is -0.0148. The second kappa shape index (κ2) is 9.88. The van der Waals surface area contributed by atoms with Gasteiger partial charge in [-0.2, -0.15) is 0 Å². The molecule has 1 heterocycles. The molecule has 2 amide bonds. The van der Waals surface area contributed by atoms with E-state index in [1.807, 2.05) is 60.4 Å². The number of halogens is 1. The van der Waals surface area contributed by atoms with E-state index in [0.29, 0.717) is 30.1 Å². The molecule has 164 valence electrons. The van der Waals surface area contributed by atoms with Crippen molar-refractivity contribution in [3.05, 3.63) is 94.5 Å². The highest BCUT2D eigenvalue weighted by atomic mass is 35.5. The number of carbonyl (C=O) groups excluding carboxylic acids is 2. The summed E-state index contributed by atoms with van der Waals surface area (Å²) in [7, 11) is 0. The van der Waals surface area contributed by atoms with E-state index in [4.69, 9.17) is 11.6 Å². The van der Waals surface area contributed by atoms with E-state index in [1.54, 1.807) is 24.3 Å². The van der Waals surface area contributed by atoms with Gasteiger partial charge >= 0.3 is 0 Å². The lowest BCUT2D eigenvalue weighted by molar-refractivity contribution is -0.130. The van der Waals surface area contributed by atoms with Gasteiger partial charge in [0.2, 0.25) is 5.91 Å². The van der Waals surface area contributed by atoms with E-state index < -0.39 is 0 Å². The maximum atomic E-state index is 12.7. The molecule has 1 saturated heterocycles.